The molecule has 1 aromatic heterocycles. The minimum atomic E-state index is -0.487. The molecule has 0 aliphatic carbocycles. The fourth-order valence-corrected chi connectivity index (χ4v) is 2.14. The average Bonchev–Trinajstić information content (AvgIpc) is 2.89. The van der Waals surface area contributed by atoms with Crippen molar-refractivity contribution in [3.63, 3.8) is 0 Å². The monoisotopic (exact) mass is 304 g/mol. The van der Waals surface area contributed by atoms with E-state index >= 15 is 0 Å². The highest BCUT2D eigenvalue weighted by Gasteiger charge is 2.04. The van der Waals surface area contributed by atoms with Crippen molar-refractivity contribution in [2.75, 3.05) is 0 Å². The van der Waals surface area contributed by atoms with Crippen LogP contribution in [0.4, 0.5) is 5.69 Å². The van der Waals surface area contributed by atoms with E-state index in [4.69, 9.17) is 4.74 Å². The van der Waals surface area contributed by atoms with Crippen LogP contribution in [0.15, 0.2) is 35.7 Å². The fraction of sp³-hybridized carbons (Fsp3) is 0.143. The van der Waals surface area contributed by atoms with Crippen LogP contribution < -0.4 is 0 Å². The molecule has 0 aliphatic rings. The van der Waals surface area contributed by atoms with Gasteiger partial charge in [0, 0.05) is 23.6 Å². The maximum atomic E-state index is 11.5. The van der Waals surface area contributed by atoms with Crippen molar-refractivity contribution >= 4 is 29.1 Å². The van der Waals surface area contributed by atoms with Crippen LogP contribution in [0, 0.1) is 17.0 Å². The molecular weight excluding hydrogens is 292 g/mol. The lowest BCUT2D eigenvalue weighted by atomic mass is 10.2. The van der Waals surface area contributed by atoms with Crippen molar-refractivity contribution in [3.05, 3.63) is 62.1 Å². The van der Waals surface area contributed by atoms with Crippen molar-refractivity contribution in [2.24, 2.45) is 0 Å². The molecule has 0 radical (unpaired) electrons. The number of ether oxygens (including phenoxy) is 1. The first kappa shape index (κ1) is 14.9. The number of hydrogen-bond acceptors (Lipinski definition) is 6. The van der Waals surface area contributed by atoms with Gasteiger partial charge in [0.25, 0.3) is 5.69 Å². The van der Waals surface area contributed by atoms with Crippen LogP contribution in [0.2, 0.25) is 0 Å². The second kappa shape index (κ2) is 6.76. The minimum absolute atomic E-state index is 0.00799. The van der Waals surface area contributed by atoms with Gasteiger partial charge in [0.1, 0.15) is 6.61 Å². The van der Waals surface area contributed by atoms with Gasteiger partial charge in [0.2, 0.25) is 0 Å². The van der Waals surface area contributed by atoms with Gasteiger partial charge >= 0.3 is 5.97 Å². The average molecular weight is 304 g/mol. The van der Waals surface area contributed by atoms with Crippen molar-refractivity contribution in [3.8, 4) is 0 Å². The van der Waals surface area contributed by atoms with Gasteiger partial charge in [-0.05, 0) is 30.7 Å². The van der Waals surface area contributed by atoms with Crippen LogP contribution in [0.5, 0.6) is 0 Å². The lowest BCUT2D eigenvalue weighted by Crippen LogP contribution is -2.00. The van der Waals surface area contributed by atoms with Gasteiger partial charge in [-0.25, -0.2) is 9.78 Å². The summed E-state index contributed by atoms with van der Waals surface area (Å²) in [5.41, 5.74) is 1.41. The molecule has 2 rings (SSSR count). The Balaban J connectivity index is 1.88. The molecule has 21 heavy (non-hydrogen) atoms. The molecular formula is C14H12N2O4S. The van der Waals surface area contributed by atoms with Gasteiger partial charge in [-0.15, -0.1) is 11.3 Å². The normalized spacial score (nSPS) is 10.7. The van der Waals surface area contributed by atoms with Crippen LogP contribution in [0.1, 0.15) is 16.3 Å². The van der Waals surface area contributed by atoms with Crippen molar-refractivity contribution < 1.29 is 14.5 Å². The fourth-order valence-electron chi connectivity index (χ4n) is 1.54. The summed E-state index contributed by atoms with van der Waals surface area (Å²) in [5, 5.41) is 13.3. The lowest BCUT2D eigenvalue weighted by molar-refractivity contribution is -0.384. The summed E-state index contributed by atoms with van der Waals surface area (Å²) in [7, 11) is 0. The molecule has 0 fully saturated rings. The number of rotatable bonds is 5. The summed E-state index contributed by atoms with van der Waals surface area (Å²) in [5.74, 6) is -0.487. The third-order valence-corrected chi connectivity index (χ3v) is 3.37. The first-order chi connectivity index (χ1) is 10.0. The Kier molecular flexibility index (Phi) is 4.78. The summed E-state index contributed by atoms with van der Waals surface area (Å²) in [6.45, 7) is 2.01. The van der Waals surface area contributed by atoms with Gasteiger partial charge in [-0.3, -0.25) is 10.1 Å². The maximum Gasteiger partial charge on any atom is 0.331 e. The third-order valence-electron chi connectivity index (χ3n) is 2.54. The molecule has 0 bridgehead atoms. The number of carbonyl (C=O) groups excluding carboxylic acids is 1. The van der Waals surface area contributed by atoms with Gasteiger partial charge in [0.05, 0.1) is 15.6 Å². The first-order valence-corrected chi connectivity index (χ1v) is 6.93. The predicted molar refractivity (Wildman–Crippen MR) is 78.8 cm³/mol. The third kappa shape index (κ3) is 4.50. The largest absolute Gasteiger partial charge is 0.456 e. The number of nitrogens with zero attached hydrogens (tertiary/aromatic N) is 2. The van der Waals surface area contributed by atoms with E-state index in [1.54, 1.807) is 18.2 Å². The van der Waals surface area contributed by atoms with E-state index in [0.717, 1.165) is 10.7 Å². The summed E-state index contributed by atoms with van der Waals surface area (Å²) in [4.78, 5) is 25.7. The highest BCUT2D eigenvalue weighted by Crippen LogP contribution is 2.13. The highest BCUT2D eigenvalue weighted by atomic mass is 32.1. The SMILES string of the molecule is Cc1nc(COC(=O)/C=C/c2ccc([N+](=O)[O-])cc2)cs1. The topological polar surface area (TPSA) is 82.3 Å². The Morgan fingerprint density at radius 2 is 2.14 bits per heavy atom. The van der Waals surface area contributed by atoms with Crippen molar-refractivity contribution in [1.29, 1.82) is 0 Å². The second-order valence-electron chi connectivity index (χ2n) is 4.15. The van der Waals surface area contributed by atoms with E-state index in [1.165, 1.54) is 29.5 Å². The first-order valence-electron chi connectivity index (χ1n) is 6.05. The van der Waals surface area contributed by atoms with Gasteiger partial charge in [-0.1, -0.05) is 0 Å². The Labute approximate surface area is 124 Å². The molecule has 0 unspecified atom stereocenters. The molecule has 1 aromatic carbocycles. The number of aryl methyl sites for hydroxylation is 1. The van der Waals surface area contributed by atoms with E-state index in [1.807, 2.05) is 12.3 Å². The molecule has 0 N–H and O–H groups in total. The Bertz CT molecular complexity index is 677. The van der Waals surface area contributed by atoms with Gasteiger partial charge < -0.3 is 4.74 Å². The van der Waals surface area contributed by atoms with Gasteiger partial charge in [0.15, 0.2) is 0 Å². The molecule has 108 valence electrons. The smallest absolute Gasteiger partial charge is 0.331 e. The Morgan fingerprint density at radius 1 is 1.43 bits per heavy atom. The van der Waals surface area contributed by atoms with E-state index in [-0.39, 0.29) is 12.3 Å². The molecule has 0 aliphatic heterocycles. The Hall–Kier alpha value is -2.54. The van der Waals surface area contributed by atoms with E-state index in [0.29, 0.717) is 5.56 Å². The van der Waals surface area contributed by atoms with Crippen LogP contribution in [0.25, 0.3) is 6.08 Å². The van der Waals surface area contributed by atoms with Crippen LogP contribution in [-0.4, -0.2) is 15.9 Å². The summed E-state index contributed by atoms with van der Waals surface area (Å²) in [6, 6.07) is 5.88. The molecule has 0 spiro atoms. The lowest BCUT2D eigenvalue weighted by Gasteiger charge is -1.98. The predicted octanol–water partition coefficient (Wildman–Crippen LogP) is 3.12. The van der Waals surface area contributed by atoms with Crippen LogP contribution in [0.3, 0.4) is 0 Å². The number of nitro groups is 1. The molecule has 2 aromatic rings. The van der Waals surface area contributed by atoms with E-state index < -0.39 is 10.9 Å². The quantitative estimate of drug-likeness (QED) is 0.367. The number of non-ortho nitro benzene ring substituents is 1. The molecule has 0 saturated carbocycles. The zero-order chi connectivity index (χ0) is 15.2. The standard InChI is InChI=1S/C14H12N2O4S/c1-10-15-12(9-21-10)8-20-14(17)7-4-11-2-5-13(6-3-11)16(18)19/h2-7,9H,8H2,1H3/b7-4+. The summed E-state index contributed by atoms with van der Waals surface area (Å²) >= 11 is 1.49. The van der Waals surface area contributed by atoms with E-state index in [9.17, 15) is 14.9 Å². The molecule has 0 amide bonds. The number of benzene rings is 1. The van der Waals surface area contributed by atoms with Gasteiger partial charge in [-0.2, -0.15) is 0 Å². The number of thiazole rings is 1. The number of nitro benzene ring substituents is 1. The van der Waals surface area contributed by atoms with Crippen molar-refractivity contribution in [2.45, 2.75) is 13.5 Å². The highest BCUT2D eigenvalue weighted by molar-refractivity contribution is 7.09. The minimum Gasteiger partial charge on any atom is -0.456 e. The molecule has 0 atom stereocenters. The number of esters is 1. The summed E-state index contributed by atoms with van der Waals surface area (Å²) in [6.07, 6.45) is 2.82. The maximum absolute atomic E-state index is 11.5. The van der Waals surface area contributed by atoms with Crippen LogP contribution in [-0.2, 0) is 16.1 Å². The number of hydrogen-bond donors (Lipinski definition) is 0. The number of carbonyl (C=O) groups is 1. The molecule has 0 saturated heterocycles. The van der Waals surface area contributed by atoms with Crippen LogP contribution >= 0.6 is 11.3 Å². The molecule has 6 nitrogen and oxygen atoms in total. The zero-order valence-corrected chi connectivity index (χ0v) is 12.0. The zero-order valence-electron chi connectivity index (χ0n) is 11.2. The molecule has 7 heteroatoms. The van der Waals surface area contributed by atoms with E-state index in [2.05, 4.69) is 4.98 Å². The Morgan fingerprint density at radius 3 is 2.71 bits per heavy atom. The number of aromatic nitrogens is 1. The molecule has 1 heterocycles. The van der Waals surface area contributed by atoms with Crippen molar-refractivity contribution in [1.82, 2.24) is 4.98 Å². The second-order valence-corrected chi connectivity index (χ2v) is 5.21. The summed E-state index contributed by atoms with van der Waals surface area (Å²) < 4.78 is 5.04.